The summed E-state index contributed by atoms with van der Waals surface area (Å²) in [7, 11) is 0. The fourth-order valence-electron chi connectivity index (χ4n) is 2.47. The minimum Gasteiger partial charge on any atom is -0.398 e. The molecule has 1 aliphatic rings. The lowest BCUT2D eigenvalue weighted by Gasteiger charge is -2.33. The Morgan fingerprint density at radius 3 is 3.00 bits per heavy atom. The number of nitrogens with zero attached hydrogens (tertiary/aromatic N) is 2. The Kier molecular flexibility index (Phi) is 3.91. The Bertz CT molecular complexity index is 521. The van der Waals surface area contributed by atoms with Gasteiger partial charge in [-0.05, 0) is 36.6 Å². The number of anilines is 2. The quantitative estimate of drug-likeness (QED) is 0.791. The minimum atomic E-state index is -0.239. The highest BCUT2D eigenvalue weighted by Gasteiger charge is 2.24. The summed E-state index contributed by atoms with van der Waals surface area (Å²) in [4.78, 5) is 13.4. The highest BCUT2D eigenvalue weighted by Crippen LogP contribution is 2.26. The van der Waals surface area contributed by atoms with Gasteiger partial charge < -0.3 is 16.4 Å². The molecule has 1 atom stereocenters. The second-order valence-corrected chi connectivity index (χ2v) is 4.91. The second kappa shape index (κ2) is 5.61. The van der Waals surface area contributed by atoms with Crippen LogP contribution in [-0.2, 0) is 11.2 Å². The average Bonchev–Trinajstić information content (AvgIpc) is 2.41. The zero-order valence-electron chi connectivity index (χ0n) is 10.8. The van der Waals surface area contributed by atoms with Crippen LogP contribution in [0.2, 0.25) is 0 Å². The van der Waals surface area contributed by atoms with E-state index < -0.39 is 0 Å². The number of piperidine rings is 1. The van der Waals surface area contributed by atoms with Gasteiger partial charge >= 0.3 is 0 Å². The Labute approximate surface area is 112 Å². The Hall–Kier alpha value is -2.22. The Morgan fingerprint density at radius 2 is 2.32 bits per heavy atom. The van der Waals surface area contributed by atoms with E-state index in [0.717, 1.165) is 30.6 Å². The van der Waals surface area contributed by atoms with E-state index in [9.17, 15) is 4.79 Å². The van der Waals surface area contributed by atoms with Crippen LogP contribution < -0.4 is 16.4 Å². The standard InChI is InChI=1S/C14H18N4O/c15-6-5-10-8-12(3-4-13(10)16)18-7-1-2-11(9-18)14(17)19/h3-4,8,11H,1-2,5,7,9,16H2,(H2,17,19). The number of benzene rings is 1. The number of nitrogens with two attached hydrogens (primary N) is 2. The van der Waals surface area contributed by atoms with Crippen LogP contribution in [-0.4, -0.2) is 19.0 Å². The van der Waals surface area contributed by atoms with Gasteiger partial charge in [0.1, 0.15) is 0 Å². The first kappa shape index (κ1) is 13.2. The predicted molar refractivity (Wildman–Crippen MR) is 74.3 cm³/mol. The fourth-order valence-corrected chi connectivity index (χ4v) is 2.47. The molecule has 1 aromatic rings. The maximum Gasteiger partial charge on any atom is 0.222 e. The molecule has 5 heteroatoms. The number of primary amides is 1. The molecule has 0 aliphatic carbocycles. The zero-order valence-corrected chi connectivity index (χ0v) is 10.8. The van der Waals surface area contributed by atoms with Crippen molar-refractivity contribution in [3.8, 4) is 6.07 Å². The minimum absolute atomic E-state index is 0.0919. The van der Waals surface area contributed by atoms with Crippen molar-refractivity contribution in [1.29, 1.82) is 5.26 Å². The largest absolute Gasteiger partial charge is 0.398 e. The number of hydrogen-bond acceptors (Lipinski definition) is 4. The molecule has 0 bridgehead atoms. The van der Waals surface area contributed by atoms with Crippen LogP contribution >= 0.6 is 0 Å². The third-order valence-corrected chi connectivity index (χ3v) is 3.58. The molecule has 1 heterocycles. The van der Waals surface area contributed by atoms with Gasteiger partial charge in [0.2, 0.25) is 5.91 Å². The normalized spacial score (nSPS) is 18.9. The van der Waals surface area contributed by atoms with Crippen molar-refractivity contribution in [2.75, 3.05) is 23.7 Å². The van der Waals surface area contributed by atoms with E-state index in [1.165, 1.54) is 0 Å². The van der Waals surface area contributed by atoms with E-state index in [4.69, 9.17) is 16.7 Å². The lowest BCUT2D eigenvalue weighted by Crippen LogP contribution is -2.41. The monoisotopic (exact) mass is 258 g/mol. The number of carbonyl (C=O) groups excluding carboxylic acids is 1. The molecule has 0 aromatic heterocycles. The van der Waals surface area contributed by atoms with Crippen molar-refractivity contribution in [2.45, 2.75) is 19.3 Å². The van der Waals surface area contributed by atoms with Gasteiger partial charge in [0.05, 0.1) is 18.4 Å². The average molecular weight is 258 g/mol. The van der Waals surface area contributed by atoms with Gasteiger partial charge in [0, 0.05) is 24.5 Å². The smallest absolute Gasteiger partial charge is 0.222 e. The summed E-state index contributed by atoms with van der Waals surface area (Å²) in [6.45, 7) is 1.55. The SMILES string of the molecule is N#CCc1cc(N2CCCC(C(N)=O)C2)ccc1N. The van der Waals surface area contributed by atoms with Gasteiger partial charge in [0.15, 0.2) is 0 Å². The number of carbonyl (C=O) groups is 1. The third kappa shape index (κ3) is 2.97. The molecular formula is C14H18N4O. The molecule has 1 unspecified atom stereocenters. The number of amides is 1. The summed E-state index contributed by atoms with van der Waals surface area (Å²) < 4.78 is 0. The van der Waals surface area contributed by atoms with Crippen molar-refractivity contribution >= 4 is 17.3 Å². The van der Waals surface area contributed by atoms with Crippen LogP contribution in [0.4, 0.5) is 11.4 Å². The summed E-state index contributed by atoms with van der Waals surface area (Å²) in [6, 6.07) is 7.79. The number of hydrogen-bond donors (Lipinski definition) is 2. The van der Waals surface area contributed by atoms with E-state index in [1.807, 2.05) is 18.2 Å². The van der Waals surface area contributed by atoms with Gasteiger partial charge in [-0.15, -0.1) is 0 Å². The lowest BCUT2D eigenvalue weighted by molar-refractivity contribution is -0.122. The molecule has 0 radical (unpaired) electrons. The van der Waals surface area contributed by atoms with E-state index in [0.29, 0.717) is 18.7 Å². The third-order valence-electron chi connectivity index (χ3n) is 3.58. The van der Waals surface area contributed by atoms with Crippen LogP contribution in [0, 0.1) is 17.2 Å². The predicted octanol–water partition coefficient (Wildman–Crippen LogP) is 1.04. The molecular weight excluding hydrogens is 240 g/mol. The molecule has 4 N–H and O–H groups in total. The summed E-state index contributed by atoms with van der Waals surface area (Å²) in [5.41, 5.74) is 13.7. The van der Waals surface area contributed by atoms with Crippen molar-refractivity contribution in [2.24, 2.45) is 11.7 Å². The zero-order chi connectivity index (χ0) is 13.8. The first-order valence-corrected chi connectivity index (χ1v) is 6.41. The molecule has 1 amide bonds. The summed E-state index contributed by atoms with van der Waals surface area (Å²) in [6.07, 6.45) is 2.10. The van der Waals surface area contributed by atoms with Crippen LogP contribution in [0.15, 0.2) is 18.2 Å². The van der Waals surface area contributed by atoms with Gasteiger partial charge in [-0.3, -0.25) is 4.79 Å². The molecule has 2 rings (SSSR count). The molecule has 1 aromatic carbocycles. The van der Waals surface area contributed by atoms with Gasteiger partial charge in [0.25, 0.3) is 0 Å². The van der Waals surface area contributed by atoms with E-state index in [1.54, 1.807) is 0 Å². The Morgan fingerprint density at radius 1 is 1.53 bits per heavy atom. The second-order valence-electron chi connectivity index (χ2n) is 4.91. The number of nitrogen functional groups attached to an aromatic ring is 1. The molecule has 5 nitrogen and oxygen atoms in total. The summed E-state index contributed by atoms with van der Waals surface area (Å²) >= 11 is 0. The maximum absolute atomic E-state index is 11.3. The molecule has 1 fully saturated rings. The van der Waals surface area contributed by atoms with Gasteiger partial charge in [-0.25, -0.2) is 0 Å². The van der Waals surface area contributed by atoms with Crippen molar-refractivity contribution in [1.82, 2.24) is 0 Å². The van der Waals surface area contributed by atoms with Crippen LogP contribution in [0.1, 0.15) is 18.4 Å². The van der Waals surface area contributed by atoms with Crippen LogP contribution in [0.25, 0.3) is 0 Å². The summed E-state index contributed by atoms with van der Waals surface area (Å²) in [5.74, 6) is -0.330. The lowest BCUT2D eigenvalue weighted by atomic mass is 9.96. The highest BCUT2D eigenvalue weighted by molar-refractivity contribution is 5.77. The van der Waals surface area contributed by atoms with E-state index >= 15 is 0 Å². The maximum atomic E-state index is 11.3. The fraction of sp³-hybridized carbons (Fsp3) is 0.429. The van der Waals surface area contributed by atoms with E-state index in [-0.39, 0.29) is 11.8 Å². The van der Waals surface area contributed by atoms with Crippen molar-refractivity contribution in [3.05, 3.63) is 23.8 Å². The number of nitriles is 1. The van der Waals surface area contributed by atoms with Crippen LogP contribution in [0.5, 0.6) is 0 Å². The summed E-state index contributed by atoms with van der Waals surface area (Å²) in [5, 5.41) is 8.78. The molecule has 19 heavy (non-hydrogen) atoms. The first-order valence-electron chi connectivity index (χ1n) is 6.41. The van der Waals surface area contributed by atoms with Crippen molar-refractivity contribution in [3.63, 3.8) is 0 Å². The van der Waals surface area contributed by atoms with Crippen LogP contribution in [0.3, 0.4) is 0 Å². The highest BCUT2D eigenvalue weighted by atomic mass is 16.1. The first-order chi connectivity index (χ1) is 9.11. The van der Waals surface area contributed by atoms with Gasteiger partial charge in [-0.2, -0.15) is 5.26 Å². The number of rotatable bonds is 3. The molecule has 100 valence electrons. The topological polar surface area (TPSA) is 96.1 Å². The van der Waals surface area contributed by atoms with Crippen molar-refractivity contribution < 1.29 is 4.79 Å². The molecule has 1 saturated heterocycles. The van der Waals surface area contributed by atoms with Gasteiger partial charge in [-0.1, -0.05) is 0 Å². The Balaban J connectivity index is 2.19. The molecule has 0 spiro atoms. The van der Waals surface area contributed by atoms with E-state index in [2.05, 4.69) is 11.0 Å². The molecule has 0 saturated carbocycles. The molecule has 1 aliphatic heterocycles.